The summed E-state index contributed by atoms with van der Waals surface area (Å²) in [5, 5.41) is 3.18. The Bertz CT molecular complexity index is 865. The van der Waals surface area contributed by atoms with Gasteiger partial charge in [0.15, 0.2) is 5.65 Å². The first-order valence-corrected chi connectivity index (χ1v) is 8.23. The zero-order valence-corrected chi connectivity index (χ0v) is 15.0. The van der Waals surface area contributed by atoms with E-state index in [1.165, 1.54) is 0 Å². The summed E-state index contributed by atoms with van der Waals surface area (Å²) in [5.41, 5.74) is 1.82. The van der Waals surface area contributed by atoms with E-state index in [1.54, 1.807) is 24.4 Å². The predicted octanol–water partition coefficient (Wildman–Crippen LogP) is 4.07. The molecule has 0 spiro atoms. The maximum Gasteiger partial charge on any atom is 0.253 e. The predicted molar refractivity (Wildman–Crippen MR) is 91.9 cm³/mol. The number of halogens is 3. The standard InChI is InChI=1S/C14H9Br2ClN4O/c15-7-1-2-10(17)9(3-7)14(22)19-6-12-20-11-4-8(16)5-18-13(11)21-12/h1-5H,6H2,(H,19,22)(H,18,20,21). The molecule has 0 aliphatic heterocycles. The monoisotopic (exact) mass is 442 g/mol. The van der Waals surface area contributed by atoms with Gasteiger partial charge < -0.3 is 10.3 Å². The highest BCUT2D eigenvalue weighted by Gasteiger charge is 2.12. The minimum absolute atomic E-state index is 0.260. The van der Waals surface area contributed by atoms with E-state index in [0.717, 1.165) is 14.5 Å². The first-order chi connectivity index (χ1) is 10.5. The molecule has 1 aromatic carbocycles. The van der Waals surface area contributed by atoms with Crippen molar-refractivity contribution in [2.24, 2.45) is 0 Å². The Balaban J connectivity index is 1.75. The van der Waals surface area contributed by atoms with Gasteiger partial charge in [0, 0.05) is 15.1 Å². The van der Waals surface area contributed by atoms with Gasteiger partial charge >= 0.3 is 0 Å². The van der Waals surface area contributed by atoms with Crippen LogP contribution in [0.15, 0.2) is 39.4 Å². The highest BCUT2D eigenvalue weighted by atomic mass is 79.9. The Morgan fingerprint density at radius 2 is 2.09 bits per heavy atom. The van der Waals surface area contributed by atoms with Crippen molar-refractivity contribution in [3.8, 4) is 0 Å². The van der Waals surface area contributed by atoms with Crippen LogP contribution < -0.4 is 5.32 Å². The molecule has 2 aromatic heterocycles. The van der Waals surface area contributed by atoms with Crippen LogP contribution in [-0.2, 0) is 6.54 Å². The third-order valence-electron chi connectivity index (χ3n) is 2.94. The molecule has 1 amide bonds. The van der Waals surface area contributed by atoms with Crippen LogP contribution in [0, 0.1) is 0 Å². The van der Waals surface area contributed by atoms with Crippen molar-refractivity contribution in [3.63, 3.8) is 0 Å². The van der Waals surface area contributed by atoms with Crippen LogP contribution in [0.1, 0.15) is 16.2 Å². The van der Waals surface area contributed by atoms with Crippen LogP contribution in [0.5, 0.6) is 0 Å². The lowest BCUT2D eigenvalue weighted by molar-refractivity contribution is 0.0950. The fourth-order valence-corrected chi connectivity index (χ4v) is 2.83. The van der Waals surface area contributed by atoms with Gasteiger partial charge in [0.2, 0.25) is 0 Å². The lowest BCUT2D eigenvalue weighted by Gasteiger charge is -2.05. The summed E-state index contributed by atoms with van der Waals surface area (Å²) in [4.78, 5) is 23.8. The molecule has 2 N–H and O–H groups in total. The number of carbonyl (C=O) groups is 1. The van der Waals surface area contributed by atoms with Crippen molar-refractivity contribution in [1.82, 2.24) is 20.3 Å². The molecule has 0 bridgehead atoms. The number of rotatable bonds is 3. The number of imidazole rings is 1. The molecule has 2 heterocycles. The number of nitrogens with zero attached hydrogens (tertiary/aromatic N) is 2. The number of hydrogen-bond acceptors (Lipinski definition) is 3. The van der Waals surface area contributed by atoms with E-state index in [1.807, 2.05) is 6.07 Å². The van der Waals surface area contributed by atoms with Crippen LogP contribution in [0.4, 0.5) is 0 Å². The maximum absolute atomic E-state index is 12.2. The summed E-state index contributed by atoms with van der Waals surface area (Å²) < 4.78 is 1.65. The van der Waals surface area contributed by atoms with E-state index in [4.69, 9.17) is 11.6 Å². The Morgan fingerprint density at radius 1 is 1.27 bits per heavy atom. The molecule has 8 heteroatoms. The van der Waals surface area contributed by atoms with Crippen LogP contribution in [0.3, 0.4) is 0 Å². The van der Waals surface area contributed by atoms with Crippen molar-refractivity contribution in [1.29, 1.82) is 0 Å². The van der Waals surface area contributed by atoms with Gasteiger partial charge in [0.05, 0.1) is 22.6 Å². The number of hydrogen-bond donors (Lipinski definition) is 2. The summed E-state index contributed by atoms with van der Waals surface area (Å²) in [5.74, 6) is 0.362. The molecule has 3 rings (SSSR count). The normalized spacial score (nSPS) is 10.9. The minimum Gasteiger partial charge on any atom is -0.345 e. The number of carbonyl (C=O) groups excluding carboxylic acids is 1. The number of benzene rings is 1. The summed E-state index contributed by atoms with van der Waals surface area (Å²) >= 11 is 12.7. The second kappa shape index (κ2) is 6.36. The molecule has 0 radical (unpaired) electrons. The number of H-pyrrole nitrogens is 1. The zero-order valence-electron chi connectivity index (χ0n) is 11.0. The first-order valence-electron chi connectivity index (χ1n) is 6.26. The fraction of sp³-hybridized carbons (Fsp3) is 0.0714. The fourth-order valence-electron chi connectivity index (χ4n) is 1.94. The maximum atomic E-state index is 12.2. The van der Waals surface area contributed by atoms with Crippen LogP contribution in [0.2, 0.25) is 5.02 Å². The zero-order chi connectivity index (χ0) is 15.7. The molecule has 0 aliphatic rings. The number of pyridine rings is 1. The SMILES string of the molecule is O=C(NCc1nc2ncc(Br)cc2[nH]1)c1cc(Br)ccc1Cl. The van der Waals surface area contributed by atoms with Gasteiger partial charge in [0.25, 0.3) is 5.91 Å². The average Bonchev–Trinajstić information content (AvgIpc) is 2.89. The number of amides is 1. The van der Waals surface area contributed by atoms with Gasteiger partial charge in [-0.25, -0.2) is 9.97 Å². The highest BCUT2D eigenvalue weighted by molar-refractivity contribution is 9.10. The van der Waals surface area contributed by atoms with Crippen molar-refractivity contribution < 1.29 is 4.79 Å². The summed E-state index contributed by atoms with van der Waals surface area (Å²) in [6, 6.07) is 7.01. The Labute approximate surface area is 147 Å². The molecule has 0 atom stereocenters. The third kappa shape index (κ3) is 3.31. The van der Waals surface area contributed by atoms with E-state index in [9.17, 15) is 4.79 Å². The number of nitrogens with one attached hydrogen (secondary N) is 2. The molecular weight excluding hydrogens is 435 g/mol. The summed E-state index contributed by atoms with van der Waals surface area (Å²) in [6.45, 7) is 0.260. The van der Waals surface area contributed by atoms with E-state index in [2.05, 4.69) is 52.1 Å². The van der Waals surface area contributed by atoms with Crippen LogP contribution >= 0.6 is 43.5 Å². The minimum atomic E-state index is -0.263. The Morgan fingerprint density at radius 3 is 2.91 bits per heavy atom. The average molecular weight is 445 g/mol. The molecule has 0 saturated heterocycles. The topological polar surface area (TPSA) is 70.7 Å². The quantitative estimate of drug-likeness (QED) is 0.640. The van der Waals surface area contributed by atoms with E-state index in [-0.39, 0.29) is 12.5 Å². The van der Waals surface area contributed by atoms with E-state index in [0.29, 0.717) is 22.1 Å². The molecule has 22 heavy (non-hydrogen) atoms. The van der Waals surface area contributed by atoms with Gasteiger partial charge in [-0.3, -0.25) is 4.79 Å². The van der Waals surface area contributed by atoms with Crippen molar-refractivity contribution >= 4 is 60.5 Å². The Kier molecular flexibility index (Phi) is 4.46. The van der Waals surface area contributed by atoms with E-state index < -0.39 is 0 Å². The molecule has 5 nitrogen and oxygen atoms in total. The Hall–Kier alpha value is -1.44. The van der Waals surface area contributed by atoms with Crippen LogP contribution in [0.25, 0.3) is 11.2 Å². The summed E-state index contributed by atoms with van der Waals surface area (Å²) in [6.07, 6.45) is 1.67. The van der Waals surface area contributed by atoms with Crippen molar-refractivity contribution in [3.05, 3.63) is 55.8 Å². The van der Waals surface area contributed by atoms with E-state index >= 15 is 0 Å². The molecule has 0 unspecified atom stereocenters. The lowest BCUT2D eigenvalue weighted by atomic mass is 10.2. The van der Waals surface area contributed by atoms with Gasteiger partial charge in [-0.2, -0.15) is 0 Å². The first kappa shape index (κ1) is 15.5. The van der Waals surface area contributed by atoms with Crippen molar-refractivity contribution in [2.45, 2.75) is 6.54 Å². The molecule has 0 aliphatic carbocycles. The molecule has 3 aromatic rings. The molecular formula is C14H9Br2ClN4O. The van der Waals surface area contributed by atoms with Gasteiger partial charge in [-0.1, -0.05) is 27.5 Å². The largest absolute Gasteiger partial charge is 0.345 e. The van der Waals surface area contributed by atoms with Gasteiger partial charge in [-0.05, 0) is 40.2 Å². The highest BCUT2D eigenvalue weighted by Crippen LogP contribution is 2.21. The number of fused-ring (bicyclic) bond motifs is 1. The van der Waals surface area contributed by atoms with Crippen LogP contribution in [-0.4, -0.2) is 20.9 Å². The second-order valence-electron chi connectivity index (χ2n) is 4.52. The lowest BCUT2D eigenvalue weighted by Crippen LogP contribution is -2.23. The summed E-state index contributed by atoms with van der Waals surface area (Å²) in [7, 11) is 0. The molecule has 0 saturated carbocycles. The number of aromatic amines is 1. The number of aromatic nitrogens is 3. The third-order valence-corrected chi connectivity index (χ3v) is 4.20. The van der Waals surface area contributed by atoms with Crippen molar-refractivity contribution in [2.75, 3.05) is 0 Å². The molecule has 0 fully saturated rings. The second-order valence-corrected chi connectivity index (χ2v) is 6.75. The van der Waals surface area contributed by atoms with Gasteiger partial charge in [-0.15, -0.1) is 0 Å². The van der Waals surface area contributed by atoms with Gasteiger partial charge in [0.1, 0.15) is 5.82 Å². The molecule has 112 valence electrons. The smallest absolute Gasteiger partial charge is 0.253 e.